The first-order valence-corrected chi connectivity index (χ1v) is 6.75. The molecule has 1 aromatic carbocycles. The third-order valence-electron chi connectivity index (χ3n) is 3.44. The molecule has 0 aliphatic carbocycles. The molecule has 1 aliphatic rings. The fraction of sp³-hybridized carbons (Fsp3) is 0.600. The van der Waals surface area contributed by atoms with Crippen molar-refractivity contribution in [2.24, 2.45) is 0 Å². The van der Waals surface area contributed by atoms with Crippen molar-refractivity contribution in [2.45, 2.75) is 32.8 Å². The van der Waals surface area contributed by atoms with Crippen LogP contribution in [-0.2, 0) is 0 Å². The summed E-state index contributed by atoms with van der Waals surface area (Å²) >= 11 is 0. The number of rotatable bonds is 5. The number of hydrogen-bond donors (Lipinski definition) is 1. The average Bonchev–Trinajstić information content (AvgIpc) is 2.83. The number of aliphatic hydroxyl groups is 1. The molecule has 1 N–H and O–H groups in total. The summed E-state index contributed by atoms with van der Waals surface area (Å²) in [6.45, 7) is 7.40. The third-order valence-corrected chi connectivity index (χ3v) is 3.44. The molecule has 0 amide bonds. The van der Waals surface area contributed by atoms with Gasteiger partial charge in [-0.15, -0.1) is 0 Å². The highest BCUT2D eigenvalue weighted by molar-refractivity contribution is 5.35. The molecule has 1 heterocycles. The summed E-state index contributed by atoms with van der Waals surface area (Å²) in [5.41, 5.74) is 2.30. The zero-order chi connectivity index (χ0) is 13.0. The van der Waals surface area contributed by atoms with Gasteiger partial charge in [-0.2, -0.15) is 0 Å². The van der Waals surface area contributed by atoms with E-state index in [1.165, 1.54) is 18.4 Å². The molecule has 0 unspecified atom stereocenters. The Morgan fingerprint density at radius 2 is 2.00 bits per heavy atom. The van der Waals surface area contributed by atoms with Crippen molar-refractivity contribution in [3.05, 3.63) is 29.3 Å². The molecule has 1 aliphatic heterocycles. The van der Waals surface area contributed by atoms with E-state index in [0.29, 0.717) is 6.61 Å². The number of benzene rings is 1. The summed E-state index contributed by atoms with van der Waals surface area (Å²) in [6.07, 6.45) is 2.11. The molecule has 0 bridgehead atoms. The van der Waals surface area contributed by atoms with Gasteiger partial charge < -0.3 is 14.7 Å². The minimum atomic E-state index is -0.400. The number of aliphatic hydroxyl groups excluding tert-OH is 1. The summed E-state index contributed by atoms with van der Waals surface area (Å²) in [5, 5.41) is 9.96. The minimum Gasteiger partial charge on any atom is -0.491 e. The van der Waals surface area contributed by atoms with E-state index in [4.69, 9.17) is 4.74 Å². The van der Waals surface area contributed by atoms with Crippen molar-refractivity contribution in [1.82, 2.24) is 4.90 Å². The van der Waals surface area contributed by atoms with Gasteiger partial charge in [-0.1, -0.05) is 12.1 Å². The molecule has 18 heavy (non-hydrogen) atoms. The van der Waals surface area contributed by atoms with E-state index in [9.17, 15) is 5.11 Å². The summed E-state index contributed by atoms with van der Waals surface area (Å²) in [4.78, 5) is 2.30. The molecule has 0 spiro atoms. The molecule has 1 atom stereocenters. The summed E-state index contributed by atoms with van der Waals surface area (Å²) in [6, 6.07) is 6.15. The Labute approximate surface area is 109 Å². The number of nitrogens with zero attached hydrogens (tertiary/aromatic N) is 1. The lowest BCUT2D eigenvalue weighted by Crippen LogP contribution is -2.33. The van der Waals surface area contributed by atoms with Gasteiger partial charge in [0, 0.05) is 6.54 Å². The first kappa shape index (κ1) is 13.4. The lowest BCUT2D eigenvalue weighted by molar-refractivity contribution is 0.0755. The molecule has 100 valence electrons. The van der Waals surface area contributed by atoms with Crippen molar-refractivity contribution in [2.75, 3.05) is 26.2 Å². The molecule has 3 nitrogen and oxygen atoms in total. The maximum atomic E-state index is 9.96. The number of aryl methyl sites for hydroxylation is 2. The van der Waals surface area contributed by atoms with E-state index >= 15 is 0 Å². The van der Waals surface area contributed by atoms with E-state index in [1.807, 2.05) is 19.9 Å². The molecule has 2 rings (SSSR count). The zero-order valence-corrected chi connectivity index (χ0v) is 11.4. The Morgan fingerprint density at radius 3 is 2.72 bits per heavy atom. The molecular weight excluding hydrogens is 226 g/mol. The van der Waals surface area contributed by atoms with Gasteiger partial charge in [-0.3, -0.25) is 0 Å². The predicted molar refractivity (Wildman–Crippen MR) is 73.1 cm³/mol. The minimum absolute atomic E-state index is 0.376. The largest absolute Gasteiger partial charge is 0.491 e. The normalized spacial score (nSPS) is 17.9. The molecule has 0 saturated carbocycles. The van der Waals surface area contributed by atoms with Gasteiger partial charge in [0.25, 0.3) is 0 Å². The van der Waals surface area contributed by atoms with Crippen LogP contribution in [0.1, 0.15) is 24.0 Å². The average molecular weight is 249 g/mol. The van der Waals surface area contributed by atoms with E-state index in [0.717, 1.165) is 30.9 Å². The number of likely N-dealkylation sites (tertiary alicyclic amines) is 1. The second-order valence-electron chi connectivity index (χ2n) is 5.24. The van der Waals surface area contributed by atoms with E-state index < -0.39 is 6.10 Å². The van der Waals surface area contributed by atoms with Gasteiger partial charge in [-0.25, -0.2) is 0 Å². The van der Waals surface area contributed by atoms with E-state index in [-0.39, 0.29) is 0 Å². The van der Waals surface area contributed by atoms with Gasteiger partial charge in [0.1, 0.15) is 18.5 Å². The van der Waals surface area contributed by atoms with E-state index in [2.05, 4.69) is 17.0 Å². The van der Waals surface area contributed by atoms with Gasteiger partial charge in [0.2, 0.25) is 0 Å². The molecule has 0 radical (unpaired) electrons. The van der Waals surface area contributed by atoms with Crippen LogP contribution in [0.25, 0.3) is 0 Å². The summed E-state index contributed by atoms with van der Waals surface area (Å²) < 4.78 is 5.71. The lowest BCUT2D eigenvalue weighted by Gasteiger charge is -2.20. The number of hydrogen-bond acceptors (Lipinski definition) is 3. The van der Waals surface area contributed by atoms with Crippen LogP contribution in [0.4, 0.5) is 0 Å². The van der Waals surface area contributed by atoms with Gasteiger partial charge in [-0.05, 0) is 57.0 Å². The topological polar surface area (TPSA) is 32.7 Å². The molecule has 1 saturated heterocycles. The maximum Gasteiger partial charge on any atom is 0.122 e. The van der Waals surface area contributed by atoms with Crippen LogP contribution in [0.5, 0.6) is 5.75 Å². The monoisotopic (exact) mass is 249 g/mol. The Morgan fingerprint density at radius 1 is 1.28 bits per heavy atom. The standard InChI is InChI=1S/C15H23NO2/c1-12-5-6-13(2)15(9-12)18-11-14(17)10-16-7-3-4-8-16/h5-6,9,14,17H,3-4,7-8,10-11H2,1-2H3/t14-/m1/s1. The van der Waals surface area contributed by atoms with Crippen LogP contribution in [-0.4, -0.2) is 42.4 Å². The maximum absolute atomic E-state index is 9.96. The van der Waals surface area contributed by atoms with Crippen molar-refractivity contribution >= 4 is 0 Å². The highest BCUT2D eigenvalue weighted by Crippen LogP contribution is 2.19. The SMILES string of the molecule is Cc1ccc(C)c(OC[C@H](O)CN2CCCC2)c1. The van der Waals surface area contributed by atoms with E-state index in [1.54, 1.807) is 0 Å². The van der Waals surface area contributed by atoms with Gasteiger partial charge in [0.05, 0.1) is 0 Å². The van der Waals surface area contributed by atoms with Crippen LogP contribution in [0, 0.1) is 13.8 Å². The number of ether oxygens (including phenoxy) is 1. The highest BCUT2D eigenvalue weighted by atomic mass is 16.5. The third kappa shape index (κ3) is 3.72. The molecule has 0 aromatic heterocycles. The number of β-amino-alcohol motifs (C(OH)–C–C–N with tert-alkyl or cyclic N) is 1. The summed E-state index contributed by atoms with van der Waals surface area (Å²) in [5.74, 6) is 0.885. The lowest BCUT2D eigenvalue weighted by atomic mass is 10.1. The van der Waals surface area contributed by atoms with Crippen LogP contribution >= 0.6 is 0 Å². The quantitative estimate of drug-likeness (QED) is 0.868. The molecule has 3 heteroatoms. The van der Waals surface area contributed by atoms with Crippen molar-refractivity contribution < 1.29 is 9.84 Å². The molecular formula is C15H23NO2. The Kier molecular flexibility index (Phi) is 4.61. The second-order valence-corrected chi connectivity index (χ2v) is 5.24. The smallest absolute Gasteiger partial charge is 0.122 e. The Bertz CT molecular complexity index is 386. The molecule has 1 fully saturated rings. The van der Waals surface area contributed by atoms with Crippen molar-refractivity contribution in [3.8, 4) is 5.75 Å². The predicted octanol–water partition coefficient (Wildman–Crippen LogP) is 2.14. The highest BCUT2D eigenvalue weighted by Gasteiger charge is 2.16. The fourth-order valence-corrected chi connectivity index (χ4v) is 2.36. The Hall–Kier alpha value is -1.06. The van der Waals surface area contributed by atoms with Crippen molar-refractivity contribution in [3.63, 3.8) is 0 Å². The summed E-state index contributed by atoms with van der Waals surface area (Å²) in [7, 11) is 0. The fourth-order valence-electron chi connectivity index (χ4n) is 2.36. The van der Waals surface area contributed by atoms with Gasteiger partial charge >= 0.3 is 0 Å². The van der Waals surface area contributed by atoms with Crippen LogP contribution in [0.3, 0.4) is 0 Å². The first-order chi connectivity index (χ1) is 8.65. The second kappa shape index (κ2) is 6.21. The molecule has 1 aromatic rings. The first-order valence-electron chi connectivity index (χ1n) is 6.75. The zero-order valence-electron chi connectivity index (χ0n) is 11.4. The van der Waals surface area contributed by atoms with Gasteiger partial charge in [0.15, 0.2) is 0 Å². The van der Waals surface area contributed by atoms with Crippen LogP contribution < -0.4 is 4.74 Å². The van der Waals surface area contributed by atoms with Crippen LogP contribution in [0.2, 0.25) is 0 Å². The van der Waals surface area contributed by atoms with Crippen LogP contribution in [0.15, 0.2) is 18.2 Å². The Balaban J connectivity index is 1.81. The van der Waals surface area contributed by atoms with Crippen molar-refractivity contribution in [1.29, 1.82) is 0 Å².